The largest absolute Gasteiger partial charge is 0.354 e. The highest BCUT2D eigenvalue weighted by Crippen LogP contribution is 2.24. The number of nitrogens with one attached hydrogen (secondary N) is 1. The minimum absolute atomic E-state index is 0.0383. The first-order valence-electron chi connectivity index (χ1n) is 11.1. The Labute approximate surface area is 218 Å². The second-order valence-electron chi connectivity index (χ2n) is 8.72. The molecular formula is C24H32Cl2N4O4S. The predicted octanol–water partition coefficient (Wildman–Crippen LogP) is 3.80. The van der Waals surface area contributed by atoms with E-state index < -0.39 is 28.7 Å². The molecular weight excluding hydrogens is 511 g/mol. The zero-order valence-electron chi connectivity index (χ0n) is 20.5. The zero-order valence-corrected chi connectivity index (χ0v) is 22.9. The van der Waals surface area contributed by atoms with E-state index in [2.05, 4.69) is 5.32 Å². The lowest BCUT2D eigenvalue weighted by Crippen LogP contribution is -2.52. The number of anilines is 1. The van der Waals surface area contributed by atoms with Crippen molar-refractivity contribution in [2.24, 2.45) is 5.92 Å². The summed E-state index contributed by atoms with van der Waals surface area (Å²) in [6.45, 7) is 5.53. The number of para-hydroxylation sites is 1. The first-order chi connectivity index (χ1) is 16.3. The van der Waals surface area contributed by atoms with Gasteiger partial charge in [-0.25, -0.2) is 4.31 Å². The van der Waals surface area contributed by atoms with Crippen LogP contribution in [0.25, 0.3) is 0 Å². The number of nitrogens with zero attached hydrogens (tertiary/aromatic N) is 3. The Morgan fingerprint density at radius 2 is 1.60 bits per heavy atom. The number of halogens is 2. The van der Waals surface area contributed by atoms with Crippen molar-refractivity contribution in [2.45, 2.75) is 33.4 Å². The number of rotatable bonds is 11. The van der Waals surface area contributed by atoms with Crippen molar-refractivity contribution in [2.75, 3.05) is 31.5 Å². The third-order valence-corrected chi connectivity index (χ3v) is 7.81. The lowest BCUT2D eigenvalue weighted by atomic mass is 10.1. The molecule has 0 aliphatic heterocycles. The highest BCUT2D eigenvalue weighted by atomic mass is 35.5. The van der Waals surface area contributed by atoms with Gasteiger partial charge in [-0.05, 0) is 42.7 Å². The maximum atomic E-state index is 13.6. The van der Waals surface area contributed by atoms with E-state index in [0.29, 0.717) is 27.8 Å². The Balaban J connectivity index is 2.42. The standard InChI is InChI=1S/C24H32Cl2N4O4S/c1-17(2)14-27-24(32)18(3)29(15-19-11-12-21(25)22(26)13-19)23(31)16-30(35(33,34)28(4)5)20-9-7-6-8-10-20/h6-13,17-18H,14-16H2,1-5H3,(H,27,32). The summed E-state index contributed by atoms with van der Waals surface area (Å²) in [4.78, 5) is 27.8. The molecule has 1 N–H and O–H groups in total. The normalized spacial score (nSPS) is 12.5. The zero-order chi connectivity index (χ0) is 26.3. The van der Waals surface area contributed by atoms with E-state index in [4.69, 9.17) is 23.2 Å². The second-order valence-corrected chi connectivity index (χ2v) is 11.6. The SMILES string of the molecule is CC(C)CNC(=O)C(C)N(Cc1ccc(Cl)c(Cl)c1)C(=O)CN(c1ccccc1)S(=O)(=O)N(C)C. The average molecular weight is 544 g/mol. The molecule has 2 aromatic rings. The van der Waals surface area contributed by atoms with Gasteiger partial charge in [-0.2, -0.15) is 12.7 Å². The van der Waals surface area contributed by atoms with Gasteiger partial charge >= 0.3 is 10.2 Å². The van der Waals surface area contributed by atoms with E-state index in [1.54, 1.807) is 55.5 Å². The lowest BCUT2D eigenvalue weighted by Gasteiger charge is -2.33. The molecule has 192 valence electrons. The molecule has 2 amide bonds. The van der Waals surface area contributed by atoms with E-state index in [9.17, 15) is 18.0 Å². The molecule has 11 heteroatoms. The van der Waals surface area contributed by atoms with E-state index in [0.717, 1.165) is 8.61 Å². The molecule has 2 rings (SSSR count). The molecule has 0 bridgehead atoms. The van der Waals surface area contributed by atoms with Crippen molar-refractivity contribution in [3.05, 3.63) is 64.1 Å². The average Bonchev–Trinajstić information content (AvgIpc) is 2.81. The molecule has 2 aromatic carbocycles. The minimum Gasteiger partial charge on any atom is -0.354 e. The van der Waals surface area contributed by atoms with E-state index in [-0.39, 0.29) is 18.4 Å². The summed E-state index contributed by atoms with van der Waals surface area (Å²) in [6, 6.07) is 12.4. The van der Waals surface area contributed by atoms with Crippen LogP contribution in [-0.4, -0.2) is 62.7 Å². The number of carbonyl (C=O) groups excluding carboxylic acids is 2. The Hall–Kier alpha value is -2.33. The Bertz CT molecular complexity index is 1130. The van der Waals surface area contributed by atoms with Crippen LogP contribution in [0.4, 0.5) is 5.69 Å². The maximum absolute atomic E-state index is 13.6. The number of benzene rings is 2. The predicted molar refractivity (Wildman–Crippen MR) is 141 cm³/mol. The lowest BCUT2D eigenvalue weighted by molar-refractivity contribution is -0.139. The summed E-state index contributed by atoms with van der Waals surface area (Å²) in [5.41, 5.74) is 0.985. The fourth-order valence-electron chi connectivity index (χ4n) is 3.18. The highest BCUT2D eigenvalue weighted by molar-refractivity contribution is 7.90. The van der Waals surface area contributed by atoms with E-state index >= 15 is 0 Å². The van der Waals surface area contributed by atoms with Gasteiger partial charge in [0.15, 0.2) is 0 Å². The molecule has 0 saturated heterocycles. The van der Waals surface area contributed by atoms with Crippen molar-refractivity contribution >= 4 is 50.9 Å². The van der Waals surface area contributed by atoms with Gasteiger partial charge in [0.1, 0.15) is 12.6 Å². The van der Waals surface area contributed by atoms with Crippen LogP contribution in [0.3, 0.4) is 0 Å². The van der Waals surface area contributed by atoms with Gasteiger partial charge in [0.2, 0.25) is 11.8 Å². The van der Waals surface area contributed by atoms with Gasteiger partial charge in [0.05, 0.1) is 15.7 Å². The summed E-state index contributed by atoms with van der Waals surface area (Å²) in [5, 5.41) is 3.52. The van der Waals surface area contributed by atoms with Crippen molar-refractivity contribution < 1.29 is 18.0 Å². The van der Waals surface area contributed by atoms with Gasteiger partial charge in [0, 0.05) is 27.2 Å². The molecule has 0 aromatic heterocycles. The van der Waals surface area contributed by atoms with E-state index in [1.807, 2.05) is 13.8 Å². The molecule has 1 unspecified atom stereocenters. The Kier molecular flexibility index (Phi) is 10.4. The fourth-order valence-corrected chi connectivity index (χ4v) is 4.56. The van der Waals surface area contributed by atoms with Crippen molar-refractivity contribution in [1.29, 1.82) is 0 Å². The summed E-state index contributed by atoms with van der Waals surface area (Å²) >= 11 is 12.2. The van der Waals surface area contributed by atoms with Crippen molar-refractivity contribution in [3.8, 4) is 0 Å². The van der Waals surface area contributed by atoms with Crippen LogP contribution in [-0.2, 0) is 26.3 Å². The van der Waals surface area contributed by atoms with Crippen LogP contribution in [0, 0.1) is 5.92 Å². The number of amides is 2. The van der Waals surface area contributed by atoms with Crippen LogP contribution in [0.5, 0.6) is 0 Å². The second kappa shape index (κ2) is 12.6. The van der Waals surface area contributed by atoms with Crippen molar-refractivity contribution in [1.82, 2.24) is 14.5 Å². The summed E-state index contributed by atoms with van der Waals surface area (Å²) in [7, 11) is -1.21. The van der Waals surface area contributed by atoms with Crippen LogP contribution < -0.4 is 9.62 Å². The van der Waals surface area contributed by atoms with Crippen LogP contribution in [0.2, 0.25) is 10.0 Å². The smallest absolute Gasteiger partial charge is 0.304 e. The monoisotopic (exact) mass is 542 g/mol. The molecule has 0 spiro atoms. The molecule has 0 saturated carbocycles. The van der Waals surface area contributed by atoms with Crippen LogP contribution in [0.15, 0.2) is 48.5 Å². The third-order valence-electron chi connectivity index (χ3n) is 5.25. The molecule has 0 aliphatic carbocycles. The molecule has 0 aliphatic rings. The van der Waals surface area contributed by atoms with Gasteiger partial charge in [-0.1, -0.05) is 61.3 Å². The molecule has 35 heavy (non-hydrogen) atoms. The number of hydrogen-bond acceptors (Lipinski definition) is 4. The molecule has 8 nitrogen and oxygen atoms in total. The maximum Gasteiger partial charge on any atom is 0.304 e. The topological polar surface area (TPSA) is 90.0 Å². The molecule has 0 fully saturated rings. The van der Waals surface area contributed by atoms with Crippen LogP contribution in [0.1, 0.15) is 26.3 Å². The van der Waals surface area contributed by atoms with E-state index in [1.165, 1.54) is 19.0 Å². The summed E-state index contributed by atoms with van der Waals surface area (Å²) < 4.78 is 28.2. The Morgan fingerprint density at radius 3 is 2.14 bits per heavy atom. The first-order valence-corrected chi connectivity index (χ1v) is 13.3. The highest BCUT2D eigenvalue weighted by Gasteiger charge is 2.32. The Morgan fingerprint density at radius 1 is 0.971 bits per heavy atom. The quantitative estimate of drug-likeness (QED) is 0.467. The van der Waals surface area contributed by atoms with Crippen molar-refractivity contribution in [3.63, 3.8) is 0 Å². The molecule has 1 atom stereocenters. The van der Waals surface area contributed by atoms with Gasteiger partial charge < -0.3 is 10.2 Å². The molecule has 0 heterocycles. The van der Waals surface area contributed by atoms with Gasteiger partial charge in [-0.15, -0.1) is 0 Å². The number of hydrogen-bond donors (Lipinski definition) is 1. The van der Waals surface area contributed by atoms with Gasteiger partial charge in [-0.3, -0.25) is 9.59 Å². The third kappa shape index (κ3) is 7.83. The van der Waals surface area contributed by atoms with Gasteiger partial charge in [0.25, 0.3) is 0 Å². The summed E-state index contributed by atoms with van der Waals surface area (Å²) in [5.74, 6) is -0.657. The fraction of sp³-hybridized carbons (Fsp3) is 0.417. The first kappa shape index (κ1) is 28.9. The van der Waals surface area contributed by atoms with Crippen LogP contribution >= 0.6 is 23.2 Å². The number of carbonyl (C=O) groups is 2. The summed E-state index contributed by atoms with van der Waals surface area (Å²) in [6.07, 6.45) is 0. The molecule has 0 radical (unpaired) electrons. The minimum atomic E-state index is -3.99.